The van der Waals surface area contributed by atoms with Crippen LogP contribution >= 0.6 is 27.3 Å². The maximum Gasteiger partial charge on any atom is 0.267 e. The summed E-state index contributed by atoms with van der Waals surface area (Å²) in [6, 6.07) is 3.55. The number of hydrogen-bond acceptors (Lipinski definition) is 6. The molecule has 0 atom stereocenters. The van der Waals surface area contributed by atoms with Crippen LogP contribution in [0, 0.1) is 6.92 Å². The van der Waals surface area contributed by atoms with E-state index >= 15 is 0 Å². The van der Waals surface area contributed by atoms with Gasteiger partial charge in [-0.2, -0.15) is 0 Å². The van der Waals surface area contributed by atoms with Crippen LogP contribution in [0.5, 0.6) is 5.88 Å². The summed E-state index contributed by atoms with van der Waals surface area (Å²) in [7, 11) is 0. The molecule has 0 saturated carbocycles. The highest BCUT2D eigenvalue weighted by Crippen LogP contribution is 2.34. The van der Waals surface area contributed by atoms with Crippen molar-refractivity contribution < 1.29 is 9.53 Å². The second-order valence-electron chi connectivity index (χ2n) is 4.66. The molecule has 3 aromatic heterocycles. The number of ether oxygens (including phenoxy) is 1. The lowest BCUT2D eigenvalue weighted by atomic mass is 10.2. The SMILES string of the molecule is CCOc1ncnc2sc(C(=O)Nc3ccc(Br)cn3)c(C)c12. The van der Waals surface area contributed by atoms with E-state index < -0.39 is 0 Å². The number of fused-ring (bicyclic) bond motifs is 1. The first-order chi connectivity index (χ1) is 11.1. The maximum atomic E-state index is 12.5. The summed E-state index contributed by atoms with van der Waals surface area (Å²) in [5, 5.41) is 3.57. The Bertz CT molecular complexity index is 864. The van der Waals surface area contributed by atoms with Gasteiger partial charge < -0.3 is 10.1 Å². The monoisotopic (exact) mass is 392 g/mol. The third kappa shape index (κ3) is 3.18. The summed E-state index contributed by atoms with van der Waals surface area (Å²) in [6.45, 7) is 4.27. The topological polar surface area (TPSA) is 77.0 Å². The average Bonchev–Trinajstić information content (AvgIpc) is 2.88. The number of amides is 1. The molecular weight excluding hydrogens is 380 g/mol. The van der Waals surface area contributed by atoms with E-state index in [2.05, 4.69) is 36.2 Å². The summed E-state index contributed by atoms with van der Waals surface area (Å²) in [5.74, 6) is 0.779. The van der Waals surface area contributed by atoms with Gasteiger partial charge in [0.15, 0.2) is 0 Å². The number of rotatable bonds is 4. The summed E-state index contributed by atoms with van der Waals surface area (Å²) < 4.78 is 6.38. The van der Waals surface area contributed by atoms with E-state index in [1.54, 1.807) is 12.3 Å². The Kier molecular flexibility index (Phi) is 4.53. The van der Waals surface area contributed by atoms with E-state index in [4.69, 9.17) is 4.74 Å². The van der Waals surface area contributed by atoms with Crippen molar-refractivity contribution in [2.24, 2.45) is 0 Å². The van der Waals surface area contributed by atoms with Gasteiger partial charge in [0.2, 0.25) is 5.88 Å². The molecule has 0 fully saturated rings. The van der Waals surface area contributed by atoms with Gasteiger partial charge in [0.1, 0.15) is 17.0 Å². The van der Waals surface area contributed by atoms with Crippen molar-refractivity contribution in [1.29, 1.82) is 0 Å². The molecule has 0 unspecified atom stereocenters. The molecule has 0 aliphatic heterocycles. The zero-order valence-corrected chi connectivity index (χ0v) is 14.9. The van der Waals surface area contributed by atoms with Crippen LogP contribution < -0.4 is 10.1 Å². The molecule has 3 rings (SSSR count). The highest BCUT2D eigenvalue weighted by atomic mass is 79.9. The number of carbonyl (C=O) groups excluding carboxylic acids is 1. The van der Waals surface area contributed by atoms with Crippen LogP contribution in [-0.4, -0.2) is 27.5 Å². The van der Waals surface area contributed by atoms with Crippen molar-refractivity contribution in [2.75, 3.05) is 11.9 Å². The molecule has 0 spiro atoms. The standard InChI is InChI=1S/C15H13BrN4O2S/c1-3-22-14-11-8(2)12(23-15(11)19-7-18-14)13(21)20-10-5-4-9(16)6-17-10/h4-7H,3H2,1-2H3,(H,17,20,21). The first kappa shape index (κ1) is 15.8. The summed E-state index contributed by atoms with van der Waals surface area (Å²) >= 11 is 4.63. The Hall–Kier alpha value is -2.06. The van der Waals surface area contributed by atoms with Gasteiger partial charge in [0.05, 0.1) is 16.9 Å². The van der Waals surface area contributed by atoms with Crippen molar-refractivity contribution in [2.45, 2.75) is 13.8 Å². The minimum atomic E-state index is -0.220. The van der Waals surface area contributed by atoms with Crippen molar-refractivity contribution in [1.82, 2.24) is 15.0 Å². The van der Waals surface area contributed by atoms with Crippen molar-refractivity contribution in [3.05, 3.63) is 39.6 Å². The molecule has 23 heavy (non-hydrogen) atoms. The molecule has 1 amide bonds. The second-order valence-corrected chi connectivity index (χ2v) is 6.58. The lowest BCUT2D eigenvalue weighted by molar-refractivity contribution is 0.102. The van der Waals surface area contributed by atoms with Gasteiger partial charge >= 0.3 is 0 Å². The lowest BCUT2D eigenvalue weighted by Gasteiger charge is -2.04. The average molecular weight is 393 g/mol. The maximum absolute atomic E-state index is 12.5. The third-order valence-electron chi connectivity index (χ3n) is 3.15. The Morgan fingerprint density at radius 2 is 2.17 bits per heavy atom. The summed E-state index contributed by atoms with van der Waals surface area (Å²) in [6.07, 6.45) is 3.08. The van der Waals surface area contributed by atoms with Gasteiger partial charge in [-0.25, -0.2) is 15.0 Å². The van der Waals surface area contributed by atoms with E-state index in [0.717, 1.165) is 20.3 Å². The van der Waals surface area contributed by atoms with Crippen LogP contribution in [0.15, 0.2) is 29.1 Å². The molecule has 6 nitrogen and oxygen atoms in total. The van der Waals surface area contributed by atoms with Gasteiger partial charge in [0.25, 0.3) is 5.91 Å². The van der Waals surface area contributed by atoms with E-state index in [9.17, 15) is 4.79 Å². The van der Waals surface area contributed by atoms with Crippen LogP contribution in [0.1, 0.15) is 22.2 Å². The molecule has 0 bridgehead atoms. The van der Waals surface area contributed by atoms with E-state index in [0.29, 0.717) is 23.2 Å². The number of aromatic nitrogens is 3. The molecule has 0 aliphatic carbocycles. The molecule has 0 aromatic carbocycles. The zero-order chi connectivity index (χ0) is 16.4. The number of nitrogens with zero attached hydrogens (tertiary/aromatic N) is 3. The Labute approximate surface area is 145 Å². The molecule has 1 N–H and O–H groups in total. The minimum absolute atomic E-state index is 0.220. The zero-order valence-electron chi connectivity index (χ0n) is 12.5. The molecule has 0 aliphatic rings. The normalized spacial score (nSPS) is 10.7. The van der Waals surface area contributed by atoms with Crippen LogP contribution in [0.2, 0.25) is 0 Å². The van der Waals surface area contributed by atoms with Crippen LogP contribution in [-0.2, 0) is 0 Å². The molecule has 0 saturated heterocycles. The Morgan fingerprint density at radius 3 is 2.87 bits per heavy atom. The van der Waals surface area contributed by atoms with E-state index in [-0.39, 0.29) is 5.91 Å². The molecule has 118 valence electrons. The predicted molar refractivity (Wildman–Crippen MR) is 93.2 cm³/mol. The lowest BCUT2D eigenvalue weighted by Crippen LogP contribution is -2.12. The van der Waals surface area contributed by atoms with Crippen LogP contribution in [0.4, 0.5) is 5.82 Å². The number of thiophene rings is 1. The Morgan fingerprint density at radius 1 is 1.35 bits per heavy atom. The molecule has 3 heterocycles. The van der Waals surface area contributed by atoms with Gasteiger partial charge in [0, 0.05) is 10.7 Å². The minimum Gasteiger partial charge on any atom is -0.477 e. The van der Waals surface area contributed by atoms with Gasteiger partial charge in [-0.1, -0.05) is 0 Å². The predicted octanol–water partition coefficient (Wildman–Crippen LogP) is 3.81. The van der Waals surface area contributed by atoms with Gasteiger partial charge in [-0.05, 0) is 47.5 Å². The van der Waals surface area contributed by atoms with Crippen molar-refractivity contribution in [3.8, 4) is 5.88 Å². The van der Waals surface area contributed by atoms with Crippen molar-refractivity contribution in [3.63, 3.8) is 0 Å². The van der Waals surface area contributed by atoms with Gasteiger partial charge in [-0.15, -0.1) is 11.3 Å². The second kappa shape index (κ2) is 6.59. The summed E-state index contributed by atoms with van der Waals surface area (Å²) in [5.41, 5.74) is 0.809. The summed E-state index contributed by atoms with van der Waals surface area (Å²) in [4.78, 5) is 26.4. The third-order valence-corrected chi connectivity index (χ3v) is 4.82. The highest BCUT2D eigenvalue weighted by molar-refractivity contribution is 9.10. The fourth-order valence-electron chi connectivity index (χ4n) is 2.12. The number of pyridine rings is 1. The highest BCUT2D eigenvalue weighted by Gasteiger charge is 2.20. The smallest absolute Gasteiger partial charge is 0.267 e. The quantitative estimate of drug-likeness (QED) is 0.730. The van der Waals surface area contributed by atoms with Crippen LogP contribution in [0.3, 0.4) is 0 Å². The van der Waals surface area contributed by atoms with Gasteiger partial charge in [-0.3, -0.25) is 4.79 Å². The molecule has 0 radical (unpaired) electrons. The number of aryl methyl sites for hydroxylation is 1. The number of anilines is 1. The van der Waals surface area contributed by atoms with E-state index in [1.807, 2.05) is 19.9 Å². The first-order valence-electron chi connectivity index (χ1n) is 6.90. The number of carbonyl (C=O) groups is 1. The molecule has 8 heteroatoms. The van der Waals surface area contributed by atoms with Crippen molar-refractivity contribution >= 4 is 49.2 Å². The Balaban J connectivity index is 1.96. The van der Waals surface area contributed by atoms with Crippen LogP contribution in [0.25, 0.3) is 10.2 Å². The first-order valence-corrected chi connectivity index (χ1v) is 8.51. The number of hydrogen-bond donors (Lipinski definition) is 1. The molecule has 3 aromatic rings. The largest absolute Gasteiger partial charge is 0.477 e. The molecular formula is C15H13BrN4O2S. The number of nitrogens with one attached hydrogen (secondary N) is 1. The fraction of sp³-hybridized carbons (Fsp3) is 0.200. The van der Waals surface area contributed by atoms with E-state index in [1.165, 1.54) is 17.7 Å². The number of halogens is 1. The fourth-order valence-corrected chi connectivity index (χ4v) is 3.39.